The number of halogens is 2. The molecule has 0 saturated heterocycles. The van der Waals surface area contributed by atoms with E-state index in [1.807, 2.05) is 12.1 Å². The first kappa shape index (κ1) is 15.1. The zero-order chi connectivity index (χ0) is 15.2. The second-order valence-corrected chi connectivity index (χ2v) is 8.30. The van der Waals surface area contributed by atoms with Gasteiger partial charge < -0.3 is 10.3 Å². The Morgan fingerprint density at radius 3 is 2.71 bits per heavy atom. The number of benzene rings is 1. The molecule has 1 saturated carbocycles. The van der Waals surface area contributed by atoms with Crippen molar-refractivity contribution in [3.63, 3.8) is 0 Å². The maximum Gasteiger partial charge on any atom is 0.253 e. The van der Waals surface area contributed by atoms with Crippen LogP contribution in [0.1, 0.15) is 43.5 Å². The Bertz CT molecular complexity index is 706. The molecule has 1 heterocycles. The number of amides is 1. The number of H-pyrrole nitrogens is 1. The quantitative estimate of drug-likeness (QED) is 0.714. The zero-order valence-electron chi connectivity index (χ0n) is 12.1. The monoisotopic (exact) mass is 412 g/mol. The number of aromatic nitrogens is 1. The molecule has 112 valence electrons. The third kappa shape index (κ3) is 3.04. The summed E-state index contributed by atoms with van der Waals surface area (Å²) in [4.78, 5) is 15.7. The van der Waals surface area contributed by atoms with Crippen LogP contribution in [0.2, 0.25) is 0 Å². The van der Waals surface area contributed by atoms with Gasteiger partial charge in [-0.2, -0.15) is 0 Å². The Kier molecular flexibility index (Phi) is 3.91. The average molecular weight is 414 g/mol. The molecule has 1 amide bonds. The van der Waals surface area contributed by atoms with E-state index in [1.165, 1.54) is 6.42 Å². The highest BCUT2D eigenvalue weighted by molar-refractivity contribution is 9.13. The van der Waals surface area contributed by atoms with E-state index in [-0.39, 0.29) is 11.9 Å². The van der Waals surface area contributed by atoms with E-state index in [0.717, 1.165) is 32.7 Å². The lowest BCUT2D eigenvalue weighted by Crippen LogP contribution is -2.33. The lowest BCUT2D eigenvalue weighted by atomic mass is 9.92. The predicted octanol–water partition coefficient (Wildman–Crippen LogP) is 5.00. The van der Waals surface area contributed by atoms with E-state index < -0.39 is 0 Å². The molecule has 1 fully saturated rings. The van der Waals surface area contributed by atoms with Gasteiger partial charge in [0.25, 0.3) is 5.91 Å². The van der Waals surface area contributed by atoms with Crippen LogP contribution in [-0.4, -0.2) is 16.9 Å². The normalized spacial score (nSPS) is 20.9. The maximum atomic E-state index is 12.5. The van der Waals surface area contributed by atoms with Crippen LogP contribution in [0.5, 0.6) is 0 Å². The lowest BCUT2D eigenvalue weighted by molar-refractivity contribution is 0.0937. The fourth-order valence-corrected chi connectivity index (χ4v) is 3.81. The van der Waals surface area contributed by atoms with Crippen LogP contribution in [0.3, 0.4) is 0 Å². The molecule has 1 unspecified atom stereocenters. The number of aromatic amines is 1. The van der Waals surface area contributed by atoms with E-state index in [1.54, 1.807) is 6.20 Å². The van der Waals surface area contributed by atoms with Crippen LogP contribution in [0.15, 0.2) is 27.3 Å². The Morgan fingerprint density at radius 2 is 2.05 bits per heavy atom. The zero-order valence-corrected chi connectivity index (χ0v) is 15.3. The summed E-state index contributed by atoms with van der Waals surface area (Å²) >= 11 is 6.97. The number of nitrogens with one attached hydrogen (secondary N) is 2. The first-order valence-electron chi connectivity index (χ1n) is 7.13. The summed E-state index contributed by atoms with van der Waals surface area (Å²) in [6, 6.07) is 4.24. The molecule has 2 N–H and O–H groups in total. The van der Waals surface area contributed by atoms with Crippen molar-refractivity contribution in [3.05, 3.63) is 32.8 Å². The summed E-state index contributed by atoms with van der Waals surface area (Å²) < 4.78 is 1.92. The second kappa shape index (κ2) is 5.43. The molecule has 0 bridgehead atoms. The van der Waals surface area contributed by atoms with Gasteiger partial charge in [0.05, 0.1) is 5.56 Å². The van der Waals surface area contributed by atoms with E-state index in [9.17, 15) is 4.79 Å². The van der Waals surface area contributed by atoms with Crippen molar-refractivity contribution < 1.29 is 4.79 Å². The molecule has 0 aliphatic heterocycles. The largest absolute Gasteiger partial charge is 0.360 e. The van der Waals surface area contributed by atoms with Gasteiger partial charge in [-0.1, -0.05) is 13.8 Å². The number of hydrogen-bond acceptors (Lipinski definition) is 1. The van der Waals surface area contributed by atoms with Gasteiger partial charge in [0.15, 0.2) is 0 Å². The molecule has 1 aromatic carbocycles. The molecule has 0 radical (unpaired) electrons. The summed E-state index contributed by atoms with van der Waals surface area (Å²) in [6.45, 7) is 4.53. The summed E-state index contributed by atoms with van der Waals surface area (Å²) in [7, 11) is 0. The number of carbonyl (C=O) groups is 1. The molecule has 1 atom stereocenters. The molecule has 1 aromatic heterocycles. The fourth-order valence-electron chi connectivity index (χ4n) is 3.13. The Hall–Kier alpha value is -0.810. The summed E-state index contributed by atoms with van der Waals surface area (Å²) in [6.07, 6.45) is 5.08. The average Bonchev–Trinajstić information content (AvgIpc) is 2.93. The van der Waals surface area contributed by atoms with E-state index >= 15 is 0 Å². The molecular weight excluding hydrogens is 396 g/mol. The van der Waals surface area contributed by atoms with Crippen molar-refractivity contribution in [2.24, 2.45) is 5.41 Å². The van der Waals surface area contributed by atoms with Crippen molar-refractivity contribution >= 4 is 48.7 Å². The molecule has 0 spiro atoms. The van der Waals surface area contributed by atoms with E-state index in [4.69, 9.17) is 0 Å². The van der Waals surface area contributed by atoms with Crippen LogP contribution in [0.25, 0.3) is 10.9 Å². The molecule has 1 aliphatic rings. The Labute approximate surface area is 141 Å². The van der Waals surface area contributed by atoms with Gasteiger partial charge in [-0.05, 0) is 68.7 Å². The first-order valence-corrected chi connectivity index (χ1v) is 8.71. The lowest BCUT2D eigenvalue weighted by Gasteiger charge is -2.17. The number of hydrogen-bond donors (Lipinski definition) is 2. The molecular formula is C16H18Br2N2O. The third-order valence-corrected chi connectivity index (χ3v) is 6.12. The molecule has 21 heavy (non-hydrogen) atoms. The van der Waals surface area contributed by atoms with Crippen LogP contribution >= 0.6 is 31.9 Å². The number of fused-ring (bicyclic) bond motifs is 1. The SMILES string of the molecule is CC1(C)CCC(NC(=O)c2c[nH]c3cc(Br)c(Br)cc23)C1. The number of rotatable bonds is 2. The fraction of sp³-hybridized carbons (Fsp3) is 0.438. The first-order chi connectivity index (χ1) is 9.85. The highest BCUT2D eigenvalue weighted by Crippen LogP contribution is 2.37. The van der Waals surface area contributed by atoms with Gasteiger partial charge in [0.2, 0.25) is 0 Å². The topological polar surface area (TPSA) is 44.9 Å². The van der Waals surface area contributed by atoms with E-state index in [0.29, 0.717) is 11.0 Å². The minimum absolute atomic E-state index is 0.0122. The molecule has 3 rings (SSSR count). The minimum atomic E-state index is 0.0122. The van der Waals surface area contributed by atoms with Gasteiger partial charge in [-0.3, -0.25) is 4.79 Å². The second-order valence-electron chi connectivity index (χ2n) is 6.59. The van der Waals surface area contributed by atoms with Crippen molar-refractivity contribution in [2.45, 2.75) is 39.2 Å². The van der Waals surface area contributed by atoms with Crippen LogP contribution in [-0.2, 0) is 0 Å². The van der Waals surface area contributed by atoms with Crippen molar-refractivity contribution in [1.29, 1.82) is 0 Å². The van der Waals surface area contributed by atoms with Crippen molar-refractivity contribution in [1.82, 2.24) is 10.3 Å². The Morgan fingerprint density at radius 1 is 1.33 bits per heavy atom. The van der Waals surface area contributed by atoms with Gasteiger partial charge in [0.1, 0.15) is 0 Å². The standard InChI is InChI=1S/C16H18Br2N2O/c1-16(2)4-3-9(7-16)20-15(21)11-8-19-14-6-13(18)12(17)5-10(11)14/h5-6,8-9,19H,3-4,7H2,1-2H3,(H,20,21). The molecule has 2 aromatic rings. The van der Waals surface area contributed by atoms with Crippen molar-refractivity contribution in [3.8, 4) is 0 Å². The predicted molar refractivity (Wildman–Crippen MR) is 92.6 cm³/mol. The van der Waals surface area contributed by atoms with Gasteiger partial charge >= 0.3 is 0 Å². The third-order valence-electron chi connectivity index (χ3n) is 4.27. The summed E-state index contributed by atoms with van der Waals surface area (Å²) in [5.41, 5.74) is 2.01. The van der Waals surface area contributed by atoms with Crippen LogP contribution in [0, 0.1) is 5.41 Å². The minimum Gasteiger partial charge on any atom is -0.360 e. The smallest absolute Gasteiger partial charge is 0.253 e. The number of carbonyl (C=O) groups excluding carboxylic acids is 1. The van der Waals surface area contributed by atoms with Crippen molar-refractivity contribution in [2.75, 3.05) is 0 Å². The summed E-state index contributed by atoms with van der Waals surface area (Å²) in [5.74, 6) is 0.0122. The maximum absolute atomic E-state index is 12.5. The Balaban J connectivity index is 1.84. The summed E-state index contributed by atoms with van der Waals surface area (Å²) in [5, 5.41) is 4.12. The van der Waals surface area contributed by atoms with Crippen LogP contribution < -0.4 is 5.32 Å². The van der Waals surface area contributed by atoms with Gasteiger partial charge in [-0.15, -0.1) is 0 Å². The molecule has 3 nitrogen and oxygen atoms in total. The molecule has 1 aliphatic carbocycles. The van der Waals surface area contributed by atoms with Gasteiger partial charge in [-0.25, -0.2) is 0 Å². The highest BCUT2D eigenvalue weighted by atomic mass is 79.9. The van der Waals surface area contributed by atoms with E-state index in [2.05, 4.69) is 56.0 Å². The molecule has 5 heteroatoms. The van der Waals surface area contributed by atoms with Gasteiger partial charge in [0, 0.05) is 32.1 Å². The highest BCUT2D eigenvalue weighted by Gasteiger charge is 2.32. The van der Waals surface area contributed by atoms with Crippen LogP contribution in [0.4, 0.5) is 0 Å².